The van der Waals surface area contributed by atoms with Gasteiger partial charge in [0.05, 0.1) is 0 Å². The summed E-state index contributed by atoms with van der Waals surface area (Å²) in [5, 5.41) is 11.1. The lowest BCUT2D eigenvalue weighted by atomic mass is 10.1. The molecular weight excluding hydrogens is 350 g/mol. The Bertz CT molecular complexity index is 882. The number of rotatable bonds is 7. The molecule has 1 aromatic heterocycles. The van der Waals surface area contributed by atoms with Crippen LogP contribution in [0.4, 0.5) is 0 Å². The number of hydrogen-bond donors (Lipinski definition) is 1. The summed E-state index contributed by atoms with van der Waals surface area (Å²) in [4.78, 5) is 15.0. The first-order valence-electron chi connectivity index (χ1n) is 8.14. The van der Waals surface area contributed by atoms with Crippen molar-refractivity contribution in [2.45, 2.75) is 13.8 Å². The van der Waals surface area contributed by atoms with Gasteiger partial charge >= 0.3 is 5.97 Å². The molecule has 0 saturated heterocycles. The first-order valence-corrected chi connectivity index (χ1v) is 9.02. The highest BCUT2D eigenvalue weighted by atomic mass is 32.1. The quantitative estimate of drug-likeness (QED) is 0.617. The number of hydrogen-bond acceptors (Lipinski definition) is 5. The third-order valence-corrected chi connectivity index (χ3v) is 4.53. The van der Waals surface area contributed by atoms with Gasteiger partial charge in [-0.25, -0.2) is 9.78 Å². The van der Waals surface area contributed by atoms with Crippen molar-refractivity contribution in [2.75, 3.05) is 13.2 Å². The lowest BCUT2D eigenvalue weighted by Gasteiger charge is -2.10. The topological polar surface area (TPSA) is 68.7 Å². The third-order valence-electron chi connectivity index (χ3n) is 3.64. The monoisotopic (exact) mass is 369 g/mol. The molecule has 0 bridgehead atoms. The maximum absolute atomic E-state index is 10.9. The van der Waals surface area contributed by atoms with Gasteiger partial charge in [-0.1, -0.05) is 6.07 Å². The van der Waals surface area contributed by atoms with E-state index in [0.29, 0.717) is 18.2 Å². The van der Waals surface area contributed by atoms with E-state index in [2.05, 4.69) is 11.1 Å². The summed E-state index contributed by atoms with van der Waals surface area (Å²) >= 11 is 1.31. The number of aryl methyl sites for hydroxylation is 2. The molecule has 134 valence electrons. The van der Waals surface area contributed by atoms with Gasteiger partial charge in [-0.15, -0.1) is 11.3 Å². The molecule has 0 fully saturated rings. The van der Waals surface area contributed by atoms with E-state index in [1.54, 1.807) is 0 Å². The predicted molar refractivity (Wildman–Crippen MR) is 101 cm³/mol. The van der Waals surface area contributed by atoms with E-state index in [1.807, 2.05) is 50.2 Å². The second kappa shape index (κ2) is 8.01. The van der Waals surface area contributed by atoms with Crippen LogP contribution in [0.3, 0.4) is 0 Å². The molecule has 0 aliphatic rings. The van der Waals surface area contributed by atoms with Gasteiger partial charge in [-0.2, -0.15) is 0 Å². The van der Waals surface area contributed by atoms with E-state index in [0.717, 1.165) is 17.1 Å². The van der Waals surface area contributed by atoms with E-state index in [-0.39, 0.29) is 5.69 Å². The number of thiazole rings is 1. The van der Waals surface area contributed by atoms with Crippen LogP contribution >= 0.6 is 11.3 Å². The molecule has 26 heavy (non-hydrogen) atoms. The summed E-state index contributed by atoms with van der Waals surface area (Å²) in [5.41, 5.74) is 3.27. The largest absolute Gasteiger partial charge is 0.490 e. The maximum atomic E-state index is 10.9. The normalized spacial score (nSPS) is 10.5. The number of aromatic nitrogens is 1. The third kappa shape index (κ3) is 4.61. The Labute approximate surface area is 155 Å². The van der Waals surface area contributed by atoms with Crippen molar-refractivity contribution < 1.29 is 19.4 Å². The molecule has 0 atom stereocenters. The molecule has 0 radical (unpaired) electrons. The summed E-state index contributed by atoms with van der Waals surface area (Å²) in [6.07, 6.45) is 0. The number of carboxylic acids is 1. The van der Waals surface area contributed by atoms with Crippen molar-refractivity contribution >= 4 is 17.3 Å². The summed E-state index contributed by atoms with van der Waals surface area (Å²) in [6, 6.07) is 13.5. The summed E-state index contributed by atoms with van der Waals surface area (Å²) in [6.45, 7) is 4.98. The van der Waals surface area contributed by atoms with Crippen molar-refractivity contribution in [3.05, 3.63) is 64.7 Å². The Hall–Kier alpha value is -2.86. The second-order valence-electron chi connectivity index (χ2n) is 5.89. The molecule has 6 heteroatoms. The molecule has 0 spiro atoms. The van der Waals surface area contributed by atoms with Crippen LogP contribution in [0.25, 0.3) is 10.6 Å². The van der Waals surface area contributed by atoms with E-state index in [9.17, 15) is 4.79 Å². The van der Waals surface area contributed by atoms with Crippen LogP contribution in [0.2, 0.25) is 0 Å². The molecule has 1 heterocycles. The number of aromatic carboxylic acids is 1. The van der Waals surface area contributed by atoms with Gasteiger partial charge in [-0.3, -0.25) is 0 Å². The molecule has 0 saturated carbocycles. The van der Waals surface area contributed by atoms with Crippen molar-refractivity contribution in [3.63, 3.8) is 0 Å². The minimum atomic E-state index is -1.02. The molecule has 3 aromatic rings. The van der Waals surface area contributed by atoms with Gasteiger partial charge < -0.3 is 14.6 Å². The Morgan fingerprint density at radius 2 is 1.62 bits per heavy atom. The van der Waals surface area contributed by atoms with Crippen LogP contribution in [0.5, 0.6) is 11.5 Å². The fourth-order valence-electron chi connectivity index (χ4n) is 2.53. The van der Waals surface area contributed by atoms with Gasteiger partial charge in [0.15, 0.2) is 5.69 Å². The van der Waals surface area contributed by atoms with Crippen molar-refractivity contribution in [2.24, 2.45) is 0 Å². The molecule has 5 nitrogen and oxygen atoms in total. The van der Waals surface area contributed by atoms with E-state index in [1.165, 1.54) is 27.8 Å². The highest BCUT2D eigenvalue weighted by Crippen LogP contribution is 2.25. The molecule has 3 rings (SSSR count). The predicted octanol–water partition coefficient (Wildman–Crippen LogP) is 4.58. The Balaban J connectivity index is 1.52. The Morgan fingerprint density at radius 3 is 2.19 bits per heavy atom. The van der Waals surface area contributed by atoms with Crippen LogP contribution < -0.4 is 9.47 Å². The Kier molecular flexibility index (Phi) is 5.53. The fraction of sp³-hybridized carbons (Fsp3) is 0.200. The molecule has 0 aliphatic carbocycles. The highest BCUT2D eigenvalue weighted by Gasteiger charge is 2.10. The van der Waals surface area contributed by atoms with Gasteiger partial charge in [0.2, 0.25) is 0 Å². The number of ether oxygens (including phenoxy) is 2. The van der Waals surface area contributed by atoms with E-state index < -0.39 is 5.97 Å². The number of carbonyl (C=O) groups is 1. The zero-order valence-electron chi connectivity index (χ0n) is 14.6. The van der Waals surface area contributed by atoms with Gasteiger partial charge in [0.1, 0.15) is 29.7 Å². The van der Waals surface area contributed by atoms with Crippen LogP contribution in [-0.4, -0.2) is 29.3 Å². The molecule has 0 aliphatic heterocycles. The molecule has 1 N–H and O–H groups in total. The SMILES string of the molecule is Cc1cc(C)cc(OCCOc2ccc(-c3nc(C(=O)O)cs3)cc2)c1. The maximum Gasteiger partial charge on any atom is 0.355 e. The van der Waals surface area contributed by atoms with Crippen LogP contribution in [-0.2, 0) is 0 Å². The highest BCUT2D eigenvalue weighted by molar-refractivity contribution is 7.13. The van der Waals surface area contributed by atoms with Gasteiger partial charge in [0.25, 0.3) is 0 Å². The Morgan fingerprint density at radius 1 is 1.00 bits per heavy atom. The minimum Gasteiger partial charge on any atom is -0.490 e. The average Bonchev–Trinajstić information content (AvgIpc) is 3.09. The summed E-state index contributed by atoms with van der Waals surface area (Å²) < 4.78 is 11.4. The number of benzene rings is 2. The number of carboxylic acid groups (broad SMARTS) is 1. The van der Waals surface area contributed by atoms with Crippen molar-refractivity contribution in [3.8, 4) is 22.1 Å². The number of nitrogens with zero attached hydrogens (tertiary/aromatic N) is 1. The van der Waals surface area contributed by atoms with Crippen LogP contribution in [0, 0.1) is 13.8 Å². The van der Waals surface area contributed by atoms with Crippen molar-refractivity contribution in [1.82, 2.24) is 4.98 Å². The van der Waals surface area contributed by atoms with Crippen molar-refractivity contribution in [1.29, 1.82) is 0 Å². The zero-order valence-corrected chi connectivity index (χ0v) is 15.4. The summed E-state index contributed by atoms with van der Waals surface area (Å²) in [5.74, 6) is 0.559. The first-order chi connectivity index (χ1) is 12.5. The lowest BCUT2D eigenvalue weighted by molar-refractivity contribution is 0.0691. The molecular formula is C20H19NO4S. The van der Waals surface area contributed by atoms with Gasteiger partial charge in [-0.05, 0) is 61.4 Å². The fourth-order valence-corrected chi connectivity index (χ4v) is 3.33. The second-order valence-corrected chi connectivity index (χ2v) is 6.75. The first kappa shape index (κ1) is 17.9. The zero-order chi connectivity index (χ0) is 18.5. The average molecular weight is 369 g/mol. The standard InChI is InChI=1S/C20H19NO4S/c1-13-9-14(2)11-17(10-13)25-8-7-24-16-5-3-15(4-6-16)19-21-18(12-26-19)20(22)23/h3-6,9-12H,7-8H2,1-2H3,(H,22,23). The molecule has 0 amide bonds. The van der Waals surface area contributed by atoms with Gasteiger partial charge in [0, 0.05) is 10.9 Å². The van der Waals surface area contributed by atoms with E-state index >= 15 is 0 Å². The molecule has 2 aromatic carbocycles. The smallest absolute Gasteiger partial charge is 0.355 e. The van der Waals surface area contributed by atoms with E-state index in [4.69, 9.17) is 14.6 Å². The summed E-state index contributed by atoms with van der Waals surface area (Å²) in [7, 11) is 0. The lowest BCUT2D eigenvalue weighted by Crippen LogP contribution is -2.09. The van der Waals surface area contributed by atoms with Crippen LogP contribution in [0.15, 0.2) is 47.8 Å². The molecule has 0 unspecified atom stereocenters. The van der Waals surface area contributed by atoms with Crippen LogP contribution in [0.1, 0.15) is 21.6 Å². The minimum absolute atomic E-state index is 0.0638.